The van der Waals surface area contributed by atoms with Gasteiger partial charge in [-0.3, -0.25) is 4.99 Å². The standard InChI is InChI=1S/C17H30N4O3S2/c1-13-11-16(14(2)25-13)26(22,23)20-8-7-19-17(18-3)21(4)9-10-24-12-15-5-6-15/h11,15,20H,5-10,12H2,1-4H3,(H,18,19). The summed E-state index contributed by atoms with van der Waals surface area (Å²) in [6, 6.07) is 1.71. The minimum Gasteiger partial charge on any atom is -0.379 e. The Hall–Kier alpha value is -1.16. The Bertz CT molecular complexity index is 712. The minimum absolute atomic E-state index is 0.293. The normalized spacial score (nSPS) is 15.3. The lowest BCUT2D eigenvalue weighted by molar-refractivity contribution is 0.115. The number of hydrogen-bond acceptors (Lipinski definition) is 5. The fraction of sp³-hybridized carbons (Fsp3) is 0.706. The van der Waals surface area contributed by atoms with E-state index in [9.17, 15) is 8.42 Å². The molecule has 2 N–H and O–H groups in total. The van der Waals surface area contributed by atoms with Gasteiger partial charge in [0, 0.05) is 50.1 Å². The molecule has 0 aromatic carbocycles. The van der Waals surface area contributed by atoms with Crippen LogP contribution in [0.25, 0.3) is 0 Å². The van der Waals surface area contributed by atoms with Gasteiger partial charge in [0.1, 0.15) is 0 Å². The predicted molar refractivity (Wildman–Crippen MR) is 107 cm³/mol. The van der Waals surface area contributed by atoms with Crippen molar-refractivity contribution in [3.63, 3.8) is 0 Å². The fourth-order valence-electron chi connectivity index (χ4n) is 2.54. The van der Waals surface area contributed by atoms with E-state index < -0.39 is 10.0 Å². The van der Waals surface area contributed by atoms with Gasteiger partial charge in [-0.1, -0.05) is 0 Å². The molecule has 1 aliphatic rings. The Morgan fingerprint density at radius 3 is 2.69 bits per heavy atom. The fourth-order valence-corrected chi connectivity index (χ4v) is 5.12. The molecule has 0 saturated heterocycles. The molecule has 0 radical (unpaired) electrons. The smallest absolute Gasteiger partial charge is 0.241 e. The SMILES string of the molecule is CN=C(NCCNS(=O)(=O)c1cc(C)sc1C)N(C)CCOCC1CC1. The second kappa shape index (κ2) is 9.68. The summed E-state index contributed by atoms with van der Waals surface area (Å²) in [6.45, 7) is 6.74. The lowest BCUT2D eigenvalue weighted by Crippen LogP contribution is -2.43. The first-order valence-corrected chi connectivity index (χ1v) is 11.2. The molecule has 26 heavy (non-hydrogen) atoms. The number of likely N-dealkylation sites (N-methyl/N-ethyl adjacent to an activating group) is 1. The van der Waals surface area contributed by atoms with Crippen molar-refractivity contribution in [1.29, 1.82) is 0 Å². The third-order valence-electron chi connectivity index (χ3n) is 4.18. The second-order valence-electron chi connectivity index (χ2n) is 6.59. The predicted octanol–water partition coefficient (Wildman–Crippen LogP) is 1.58. The first-order valence-electron chi connectivity index (χ1n) is 8.89. The Kier molecular flexibility index (Phi) is 7.87. The average Bonchev–Trinajstić information content (AvgIpc) is 3.34. The number of nitrogens with one attached hydrogen (secondary N) is 2. The van der Waals surface area contributed by atoms with Gasteiger partial charge < -0.3 is 15.0 Å². The lowest BCUT2D eigenvalue weighted by Gasteiger charge is -2.22. The van der Waals surface area contributed by atoms with Gasteiger partial charge in [0.15, 0.2) is 5.96 Å². The molecule has 0 bridgehead atoms. The summed E-state index contributed by atoms with van der Waals surface area (Å²) in [5, 5.41) is 3.17. The maximum atomic E-state index is 12.4. The quantitative estimate of drug-likeness (QED) is 0.353. The molecule has 1 heterocycles. The van der Waals surface area contributed by atoms with Gasteiger partial charge in [-0.2, -0.15) is 0 Å². The number of aliphatic imine (C=N–C) groups is 1. The highest BCUT2D eigenvalue weighted by Gasteiger charge is 2.21. The van der Waals surface area contributed by atoms with Crippen molar-refractivity contribution >= 4 is 27.3 Å². The second-order valence-corrected chi connectivity index (χ2v) is 9.78. The number of nitrogens with zero attached hydrogens (tertiary/aromatic N) is 2. The van der Waals surface area contributed by atoms with Crippen LogP contribution in [0.3, 0.4) is 0 Å². The van der Waals surface area contributed by atoms with Crippen molar-refractivity contribution in [3.8, 4) is 0 Å². The molecular weight excluding hydrogens is 372 g/mol. The number of guanidine groups is 1. The molecule has 0 unspecified atom stereocenters. The van der Waals surface area contributed by atoms with Crippen LogP contribution in [0.4, 0.5) is 0 Å². The van der Waals surface area contributed by atoms with Crippen molar-refractivity contribution in [3.05, 3.63) is 15.8 Å². The Morgan fingerprint density at radius 2 is 2.12 bits per heavy atom. The van der Waals surface area contributed by atoms with Crippen LogP contribution in [-0.4, -0.2) is 66.2 Å². The Morgan fingerprint density at radius 1 is 1.38 bits per heavy atom. The molecule has 0 atom stereocenters. The van der Waals surface area contributed by atoms with Crippen LogP contribution in [0.1, 0.15) is 22.6 Å². The zero-order chi connectivity index (χ0) is 19.2. The molecule has 1 saturated carbocycles. The largest absolute Gasteiger partial charge is 0.379 e. The Balaban J connectivity index is 1.70. The molecule has 1 aromatic heterocycles. The topological polar surface area (TPSA) is 83.0 Å². The van der Waals surface area contributed by atoms with Gasteiger partial charge >= 0.3 is 0 Å². The van der Waals surface area contributed by atoms with E-state index in [1.54, 1.807) is 13.1 Å². The van der Waals surface area contributed by atoms with Crippen molar-refractivity contribution in [2.45, 2.75) is 31.6 Å². The molecular formula is C17H30N4O3S2. The van der Waals surface area contributed by atoms with Gasteiger partial charge in [0.25, 0.3) is 0 Å². The molecule has 2 rings (SSSR count). The zero-order valence-electron chi connectivity index (χ0n) is 16.0. The third kappa shape index (κ3) is 6.53. The zero-order valence-corrected chi connectivity index (χ0v) is 17.7. The van der Waals surface area contributed by atoms with Crippen LogP contribution in [0.5, 0.6) is 0 Å². The van der Waals surface area contributed by atoms with E-state index in [-0.39, 0.29) is 0 Å². The van der Waals surface area contributed by atoms with E-state index in [1.165, 1.54) is 24.2 Å². The van der Waals surface area contributed by atoms with Crippen LogP contribution in [0.2, 0.25) is 0 Å². The number of hydrogen-bond donors (Lipinski definition) is 2. The van der Waals surface area contributed by atoms with E-state index in [2.05, 4.69) is 15.0 Å². The van der Waals surface area contributed by atoms with E-state index in [1.807, 2.05) is 25.8 Å². The van der Waals surface area contributed by atoms with Crippen LogP contribution >= 0.6 is 11.3 Å². The van der Waals surface area contributed by atoms with Crippen LogP contribution in [0.15, 0.2) is 16.0 Å². The maximum absolute atomic E-state index is 12.4. The van der Waals surface area contributed by atoms with Crippen molar-refractivity contribution in [1.82, 2.24) is 14.9 Å². The first kappa shape index (κ1) is 21.1. The molecule has 0 spiro atoms. The molecule has 1 fully saturated rings. The number of ether oxygens (including phenoxy) is 1. The lowest BCUT2D eigenvalue weighted by atomic mass is 10.4. The van der Waals surface area contributed by atoms with Crippen LogP contribution in [-0.2, 0) is 14.8 Å². The molecule has 148 valence electrons. The van der Waals surface area contributed by atoms with Gasteiger partial charge in [-0.25, -0.2) is 13.1 Å². The molecule has 7 nitrogen and oxygen atoms in total. The molecule has 9 heteroatoms. The molecule has 0 amide bonds. The summed E-state index contributed by atoms with van der Waals surface area (Å²) < 4.78 is 33.0. The molecule has 0 aliphatic heterocycles. The van der Waals surface area contributed by atoms with E-state index in [0.29, 0.717) is 24.6 Å². The van der Waals surface area contributed by atoms with Crippen LogP contribution in [0, 0.1) is 19.8 Å². The van der Waals surface area contributed by atoms with E-state index in [0.717, 1.165) is 34.8 Å². The van der Waals surface area contributed by atoms with Crippen molar-refractivity contribution < 1.29 is 13.2 Å². The average molecular weight is 403 g/mol. The van der Waals surface area contributed by atoms with Gasteiger partial charge in [-0.15, -0.1) is 11.3 Å². The van der Waals surface area contributed by atoms with Crippen LogP contribution < -0.4 is 10.0 Å². The summed E-state index contributed by atoms with van der Waals surface area (Å²) in [7, 11) is 0.188. The van der Waals surface area contributed by atoms with E-state index >= 15 is 0 Å². The molecule has 1 aliphatic carbocycles. The first-order chi connectivity index (χ1) is 12.3. The minimum atomic E-state index is -3.47. The van der Waals surface area contributed by atoms with E-state index in [4.69, 9.17) is 4.74 Å². The summed E-state index contributed by atoms with van der Waals surface area (Å²) in [5.74, 6) is 1.49. The summed E-state index contributed by atoms with van der Waals surface area (Å²) in [6.07, 6.45) is 2.58. The maximum Gasteiger partial charge on any atom is 0.241 e. The van der Waals surface area contributed by atoms with Gasteiger partial charge in [0.05, 0.1) is 11.5 Å². The number of thiophene rings is 1. The number of sulfonamides is 1. The molecule has 1 aromatic rings. The summed E-state index contributed by atoms with van der Waals surface area (Å²) >= 11 is 1.49. The Labute approximate surface area is 160 Å². The highest BCUT2D eigenvalue weighted by atomic mass is 32.2. The van der Waals surface area contributed by atoms with Crippen molar-refractivity contribution in [2.24, 2.45) is 10.9 Å². The third-order valence-corrected chi connectivity index (χ3v) is 6.86. The summed E-state index contributed by atoms with van der Waals surface area (Å²) in [4.78, 5) is 8.38. The van der Waals surface area contributed by atoms with Crippen molar-refractivity contribution in [2.75, 3.05) is 46.9 Å². The van der Waals surface area contributed by atoms with Gasteiger partial charge in [-0.05, 0) is 38.7 Å². The van der Waals surface area contributed by atoms with Gasteiger partial charge in [0.2, 0.25) is 10.0 Å². The number of rotatable bonds is 10. The monoisotopic (exact) mass is 402 g/mol. The summed E-state index contributed by atoms with van der Waals surface area (Å²) in [5.41, 5.74) is 0. The number of aryl methyl sites for hydroxylation is 2. The highest BCUT2D eigenvalue weighted by Crippen LogP contribution is 2.28. The highest BCUT2D eigenvalue weighted by molar-refractivity contribution is 7.89.